The smallest absolute Gasteiger partial charge is 0.418 e. The molecular formula is C30H39N3O5. The number of pyridine rings is 1. The molecule has 0 aliphatic carbocycles. The Morgan fingerprint density at radius 2 is 1.71 bits per heavy atom. The summed E-state index contributed by atoms with van der Waals surface area (Å²) in [5.74, 6) is 0.995. The van der Waals surface area contributed by atoms with Crippen molar-refractivity contribution >= 4 is 12.2 Å². The maximum atomic E-state index is 12.7. The van der Waals surface area contributed by atoms with Crippen molar-refractivity contribution in [2.45, 2.75) is 71.8 Å². The molecule has 8 heteroatoms. The van der Waals surface area contributed by atoms with E-state index in [1.807, 2.05) is 32.9 Å². The Labute approximate surface area is 225 Å². The highest BCUT2D eigenvalue weighted by Gasteiger charge is 2.20. The molecule has 38 heavy (non-hydrogen) atoms. The van der Waals surface area contributed by atoms with Gasteiger partial charge in [-0.1, -0.05) is 39.0 Å². The molecule has 3 rings (SSSR count). The van der Waals surface area contributed by atoms with Gasteiger partial charge in [0.15, 0.2) is 0 Å². The summed E-state index contributed by atoms with van der Waals surface area (Å²) < 4.78 is 18.1. The van der Waals surface area contributed by atoms with E-state index >= 15 is 0 Å². The van der Waals surface area contributed by atoms with Gasteiger partial charge in [-0.25, -0.2) is 9.59 Å². The van der Waals surface area contributed by atoms with E-state index in [0.717, 1.165) is 24.0 Å². The average molecular weight is 522 g/mol. The van der Waals surface area contributed by atoms with Crippen LogP contribution in [0.2, 0.25) is 0 Å². The van der Waals surface area contributed by atoms with Crippen molar-refractivity contribution < 1.29 is 23.8 Å². The molecule has 0 radical (unpaired) electrons. The zero-order valence-electron chi connectivity index (χ0n) is 23.1. The molecule has 0 aliphatic heterocycles. The molecular weight excluding hydrogens is 482 g/mol. The Morgan fingerprint density at radius 1 is 0.974 bits per heavy atom. The minimum Gasteiger partial charge on any atom is -0.496 e. The minimum absolute atomic E-state index is 0.392. The topological polar surface area (TPSA) is 91.7 Å². The van der Waals surface area contributed by atoms with Crippen LogP contribution < -0.4 is 14.8 Å². The highest BCUT2D eigenvalue weighted by Crippen LogP contribution is 2.35. The maximum absolute atomic E-state index is 12.7. The molecule has 0 unspecified atom stereocenters. The number of benzene rings is 1. The second kappa shape index (κ2) is 13.7. The molecule has 0 fully saturated rings. The third-order valence-electron chi connectivity index (χ3n) is 5.87. The van der Waals surface area contributed by atoms with Gasteiger partial charge in [0.1, 0.15) is 17.1 Å². The summed E-state index contributed by atoms with van der Waals surface area (Å²) in [5, 5.41) is 2.82. The number of nitrogens with zero attached hydrogens (tertiary/aromatic N) is 2. The van der Waals surface area contributed by atoms with Crippen LogP contribution in [-0.2, 0) is 4.74 Å². The lowest BCUT2D eigenvalue weighted by Crippen LogP contribution is -2.27. The lowest BCUT2D eigenvalue weighted by Gasteiger charge is -2.20. The highest BCUT2D eigenvalue weighted by molar-refractivity contribution is 5.81. The second-order valence-electron chi connectivity index (χ2n) is 10.2. The van der Waals surface area contributed by atoms with Crippen LogP contribution in [0.15, 0.2) is 55.0 Å². The summed E-state index contributed by atoms with van der Waals surface area (Å²) >= 11 is 0. The lowest BCUT2D eigenvalue weighted by molar-refractivity contribution is 0.0540. The first-order valence-electron chi connectivity index (χ1n) is 13.2. The van der Waals surface area contributed by atoms with Crippen LogP contribution in [0.25, 0.3) is 22.4 Å². The molecule has 0 spiro atoms. The molecule has 3 aromatic rings. The van der Waals surface area contributed by atoms with Crippen LogP contribution >= 0.6 is 0 Å². The monoisotopic (exact) mass is 521 g/mol. The molecule has 1 amide bonds. The van der Waals surface area contributed by atoms with Gasteiger partial charge in [0.05, 0.1) is 12.8 Å². The number of carbonyl (C=O) groups is 2. The fourth-order valence-corrected chi connectivity index (χ4v) is 4.03. The quantitative estimate of drug-likeness (QED) is 0.263. The van der Waals surface area contributed by atoms with Crippen molar-refractivity contribution in [2.75, 3.05) is 13.7 Å². The van der Waals surface area contributed by atoms with Crippen molar-refractivity contribution in [1.29, 1.82) is 0 Å². The predicted octanol–water partition coefficient (Wildman–Crippen LogP) is 7.46. The zero-order valence-corrected chi connectivity index (χ0v) is 23.1. The van der Waals surface area contributed by atoms with Gasteiger partial charge in [0.25, 0.3) is 0 Å². The Morgan fingerprint density at radius 3 is 2.45 bits per heavy atom. The van der Waals surface area contributed by atoms with Crippen molar-refractivity contribution in [2.24, 2.45) is 0 Å². The first-order chi connectivity index (χ1) is 18.2. The number of hydrogen-bond acceptors (Lipinski definition) is 6. The standard InChI is InChI=1S/C30H39N3O5/c1-6-7-8-9-10-11-16-32-28(34)37-24-14-15-27(36-5)25(19-24)22-18-23(21-31-20-22)26-13-12-17-33(26)29(35)38-30(2,3)4/h12-15,17-21H,6-11,16H2,1-5H3,(H,32,34). The molecule has 8 nitrogen and oxygen atoms in total. The Balaban J connectivity index is 1.74. The Bertz CT molecular complexity index is 1210. The van der Waals surface area contributed by atoms with E-state index in [4.69, 9.17) is 14.2 Å². The van der Waals surface area contributed by atoms with Crippen LogP contribution in [0.5, 0.6) is 11.5 Å². The van der Waals surface area contributed by atoms with Gasteiger partial charge in [-0.2, -0.15) is 0 Å². The summed E-state index contributed by atoms with van der Waals surface area (Å²) in [7, 11) is 1.58. The lowest BCUT2D eigenvalue weighted by atomic mass is 10.0. The van der Waals surface area contributed by atoms with E-state index in [9.17, 15) is 9.59 Å². The Kier molecular flexibility index (Phi) is 10.3. The Hall–Kier alpha value is -3.81. The van der Waals surface area contributed by atoms with Gasteiger partial charge in [-0.3, -0.25) is 9.55 Å². The summed E-state index contributed by atoms with van der Waals surface area (Å²) in [6.45, 7) is 8.25. The maximum Gasteiger partial charge on any atom is 0.418 e. The zero-order chi connectivity index (χ0) is 27.5. The molecule has 0 atom stereocenters. The molecule has 2 aromatic heterocycles. The van der Waals surface area contributed by atoms with Gasteiger partial charge in [-0.05, 0) is 63.6 Å². The molecule has 2 heterocycles. The largest absolute Gasteiger partial charge is 0.496 e. The predicted molar refractivity (Wildman–Crippen MR) is 149 cm³/mol. The van der Waals surface area contributed by atoms with Crippen molar-refractivity contribution in [3.63, 3.8) is 0 Å². The molecule has 1 aromatic carbocycles. The van der Waals surface area contributed by atoms with E-state index in [1.165, 1.54) is 30.3 Å². The summed E-state index contributed by atoms with van der Waals surface area (Å²) in [5.41, 5.74) is 2.21. The molecule has 1 N–H and O–H groups in total. The fourth-order valence-electron chi connectivity index (χ4n) is 4.03. The summed E-state index contributed by atoms with van der Waals surface area (Å²) in [6, 6.07) is 10.7. The number of ether oxygens (including phenoxy) is 3. The molecule has 0 saturated carbocycles. The van der Waals surface area contributed by atoms with Crippen molar-refractivity contribution in [3.05, 3.63) is 55.0 Å². The third-order valence-corrected chi connectivity index (χ3v) is 5.87. The van der Waals surface area contributed by atoms with Crippen LogP contribution in [0.1, 0.15) is 66.2 Å². The van der Waals surface area contributed by atoms with Gasteiger partial charge >= 0.3 is 12.2 Å². The van der Waals surface area contributed by atoms with Crippen molar-refractivity contribution in [3.8, 4) is 33.9 Å². The average Bonchev–Trinajstić information content (AvgIpc) is 3.38. The molecule has 0 aliphatic rings. The highest BCUT2D eigenvalue weighted by atomic mass is 16.6. The number of carbonyl (C=O) groups excluding carboxylic acids is 2. The van der Waals surface area contributed by atoms with E-state index in [2.05, 4.69) is 17.2 Å². The second-order valence-corrected chi connectivity index (χ2v) is 10.2. The number of rotatable bonds is 11. The first kappa shape index (κ1) is 28.8. The van der Waals surface area contributed by atoms with Crippen LogP contribution in [0.4, 0.5) is 9.59 Å². The molecule has 204 valence electrons. The van der Waals surface area contributed by atoms with E-state index < -0.39 is 17.8 Å². The molecule has 0 bridgehead atoms. The number of methoxy groups -OCH3 is 1. The summed E-state index contributed by atoms with van der Waals surface area (Å²) in [4.78, 5) is 29.4. The summed E-state index contributed by atoms with van der Waals surface area (Å²) in [6.07, 6.45) is 11.0. The number of amides is 1. The SMILES string of the molecule is CCCCCCCCNC(=O)Oc1ccc(OC)c(-c2cncc(-c3cccn3C(=O)OC(C)(C)C)c2)c1. The molecule has 0 saturated heterocycles. The minimum atomic E-state index is -0.618. The fraction of sp³-hybridized carbons (Fsp3) is 0.433. The normalized spacial score (nSPS) is 11.2. The van der Waals surface area contributed by atoms with Crippen LogP contribution in [-0.4, -0.2) is 41.0 Å². The number of nitrogens with one attached hydrogen (secondary N) is 1. The third kappa shape index (κ3) is 8.36. The first-order valence-corrected chi connectivity index (χ1v) is 13.2. The van der Waals surface area contributed by atoms with E-state index in [-0.39, 0.29) is 0 Å². The number of aromatic nitrogens is 2. The van der Waals surface area contributed by atoms with Crippen molar-refractivity contribution in [1.82, 2.24) is 14.9 Å². The van der Waals surface area contributed by atoms with Crippen LogP contribution in [0, 0.1) is 0 Å². The van der Waals surface area contributed by atoms with E-state index in [1.54, 1.807) is 50.0 Å². The van der Waals surface area contributed by atoms with Gasteiger partial charge in [0.2, 0.25) is 0 Å². The van der Waals surface area contributed by atoms with Gasteiger partial charge in [0, 0.05) is 41.8 Å². The van der Waals surface area contributed by atoms with Gasteiger partial charge in [-0.15, -0.1) is 0 Å². The van der Waals surface area contributed by atoms with E-state index in [0.29, 0.717) is 29.3 Å². The number of hydrogen-bond donors (Lipinski definition) is 1. The van der Waals surface area contributed by atoms with Crippen LogP contribution in [0.3, 0.4) is 0 Å². The van der Waals surface area contributed by atoms with Gasteiger partial charge < -0.3 is 19.5 Å². The number of unbranched alkanes of at least 4 members (excludes halogenated alkanes) is 5.